The minimum absolute atomic E-state index is 0.00361. The smallest absolute Gasteiger partial charge is 0.303 e. The van der Waals surface area contributed by atoms with Gasteiger partial charge < -0.3 is 9.94 Å². The average molecular weight is 143 g/mol. The molecule has 0 saturated carbocycles. The Labute approximate surface area is 58.5 Å². The zero-order valence-corrected chi connectivity index (χ0v) is 5.49. The zero-order valence-electron chi connectivity index (χ0n) is 5.49. The molecular formula is C6H9NO3. The molecule has 1 rings (SSSR count). The molecule has 0 radical (unpaired) electrons. The van der Waals surface area contributed by atoms with Crippen LogP contribution in [0.5, 0.6) is 0 Å². The van der Waals surface area contributed by atoms with Crippen molar-refractivity contribution in [2.75, 3.05) is 0 Å². The normalized spacial score (nSPS) is 22.6. The molecule has 1 aliphatic rings. The lowest BCUT2D eigenvalue weighted by Crippen LogP contribution is -2.07. The SMILES string of the molecule is O=C(O)CCC1CC=NO1. The first-order valence-electron chi connectivity index (χ1n) is 3.18. The maximum Gasteiger partial charge on any atom is 0.303 e. The van der Waals surface area contributed by atoms with Crippen LogP contribution < -0.4 is 0 Å². The number of nitrogens with zero attached hydrogens (tertiary/aromatic N) is 1. The van der Waals surface area contributed by atoms with E-state index >= 15 is 0 Å². The summed E-state index contributed by atoms with van der Waals surface area (Å²) < 4.78 is 0. The number of hydrogen-bond donors (Lipinski definition) is 1. The molecule has 1 atom stereocenters. The highest BCUT2D eigenvalue weighted by atomic mass is 16.6. The van der Waals surface area contributed by atoms with Gasteiger partial charge in [0.1, 0.15) is 6.10 Å². The minimum atomic E-state index is -0.782. The van der Waals surface area contributed by atoms with Crippen molar-refractivity contribution in [3.8, 4) is 0 Å². The van der Waals surface area contributed by atoms with Gasteiger partial charge in [-0.3, -0.25) is 4.79 Å². The number of oxime groups is 1. The van der Waals surface area contributed by atoms with Crippen LogP contribution in [0.25, 0.3) is 0 Å². The van der Waals surface area contributed by atoms with Gasteiger partial charge in [-0.15, -0.1) is 0 Å². The fourth-order valence-corrected chi connectivity index (χ4v) is 0.788. The highest BCUT2D eigenvalue weighted by Crippen LogP contribution is 2.10. The Morgan fingerprint density at radius 3 is 3.20 bits per heavy atom. The lowest BCUT2D eigenvalue weighted by molar-refractivity contribution is -0.137. The van der Waals surface area contributed by atoms with Crippen LogP contribution in [0.3, 0.4) is 0 Å². The summed E-state index contributed by atoms with van der Waals surface area (Å²) in [4.78, 5) is 14.9. The number of aliphatic carboxylic acids is 1. The summed E-state index contributed by atoms with van der Waals surface area (Å²) in [6.45, 7) is 0. The lowest BCUT2D eigenvalue weighted by Gasteiger charge is -2.03. The van der Waals surface area contributed by atoms with Crippen molar-refractivity contribution in [3.63, 3.8) is 0 Å². The van der Waals surface area contributed by atoms with E-state index in [1.54, 1.807) is 6.21 Å². The third kappa shape index (κ3) is 2.05. The quantitative estimate of drug-likeness (QED) is 0.630. The van der Waals surface area contributed by atoms with E-state index in [-0.39, 0.29) is 12.5 Å². The molecule has 10 heavy (non-hydrogen) atoms. The first-order chi connectivity index (χ1) is 4.79. The van der Waals surface area contributed by atoms with E-state index in [0.29, 0.717) is 6.42 Å². The fraction of sp³-hybridized carbons (Fsp3) is 0.667. The largest absolute Gasteiger partial charge is 0.481 e. The van der Waals surface area contributed by atoms with Crippen LogP contribution >= 0.6 is 0 Å². The van der Waals surface area contributed by atoms with Gasteiger partial charge in [-0.05, 0) is 6.42 Å². The van der Waals surface area contributed by atoms with Crippen LogP contribution in [0.1, 0.15) is 19.3 Å². The first-order valence-corrected chi connectivity index (χ1v) is 3.18. The second-order valence-corrected chi connectivity index (χ2v) is 2.18. The van der Waals surface area contributed by atoms with E-state index < -0.39 is 5.97 Å². The molecule has 1 aliphatic heterocycles. The van der Waals surface area contributed by atoms with Gasteiger partial charge in [-0.2, -0.15) is 0 Å². The van der Waals surface area contributed by atoms with Crippen molar-refractivity contribution in [2.24, 2.45) is 5.16 Å². The van der Waals surface area contributed by atoms with Crippen LogP contribution in [0, 0.1) is 0 Å². The minimum Gasteiger partial charge on any atom is -0.481 e. The number of hydrogen-bond acceptors (Lipinski definition) is 3. The van der Waals surface area contributed by atoms with Crippen molar-refractivity contribution in [1.29, 1.82) is 0 Å². The highest BCUT2D eigenvalue weighted by Gasteiger charge is 2.13. The van der Waals surface area contributed by atoms with Crippen molar-refractivity contribution >= 4 is 12.2 Å². The summed E-state index contributed by atoms with van der Waals surface area (Å²) >= 11 is 0. The molecule has 0 aliphatic carbocycles. The fourth-order valence-electron chi connectivity index (χ4n) is 0.788. The summed E-state index contributed by atoms with van der Waals surface area (Å²) in [7, 11) is 0. The van der Waals surface area contributed by atoms with Gasteiger partial charge in [0.15, 0.2) is 0 Å². The van der Waals surface area contributed by atoms with E-state index in [4.69, 9.17) is 9.94 Å². The van der Waals surface area contributed by atoms with Crippen LogP contribution in [-0.2, 0) is 9.63 Å². The molecule has 4 heteroatoms. The van der Waals surface area contributed by atoms with Gasteiger partial charge in [0.2, 0.25) is 0 Å². The molecule has 56 valence electrons. The average Bonchev–Trinajstić information content (AvgIpc) is 2.34. The molecule has 0 bridgehead atoms. The second-order valence-electron chi connectivity index (χ2n) is 2.18. The summed E-state index contributed by atoms with van der Waals surface area (Å²) in [5.41, 5.74) is 0. The molecule has 4 nitrogen and oxygen atoms in total. The van der Waals surface area contributed by atoms with E-state index in [0.717, 1.165) is 6.42 Å². The number of carboxylic acids is 1. The van der Waals surface area contributed by atoms with E-state index in [2.05, 4.69) is 5.16 Å². The number of carbonyl (C=O) groups is 1. The Bertz CT molecular complexity index is 147. The van der Waals surface area contributed by atoms with Gasteiger partial charge in [-0.25, -0.2) is 0 Å². The van der Waals surface area contributed by atoms with Crippen molar-refractivity contribution < 1.29 is 14.7 Å². The molecule has 0 spiro atoms. The van der Waals surface area contributed by atoms with Gasteiger partial charge >= 0.3 is 5.97 Å². The third-order valence-electron chi connectivity index (χ3n) is 1.33. The number of rotatable bonds is 3. The zero-order chi connectivity index (χ0) is 7.40. The van der Waals surface area contributed by atoms with Gasteiger partial charge in [0.25, 0.3) is 0 Å². The molecule has 0 aromatic carbocycles. The summed E-state index contributed by atoms with van der Waals surface area (Å²) in [5.74, 6) is -0.782. The predicted molar refractivity (Wildman–Crippen MR) is 34.9 cm³/mol. The van der Waals surface area contributed by atoms with Crippen LogP contribution in [0.15, 0.2) is 5.16 Å². The molecule has 0 aromatic heterocycles. The van der Waals surface area contributed by atoms with Gasteiger partial charge in [0, 0.05) is 19.1 Å². The Hall–Kier alpha value is -1.06. The third-order valence-corrected chi connectivity index (χ3v) is 1.33. The Morgan fingerprint density at radius 2 is 2.70 bits per heavy atom. The molecule has 0 saturated heterocycles. The maximum atomic E-state index is 10.1. The Kier molecular flexibility index (Phi) is 2.25. The van der Waals surface area contributed by atoms with Crippen molar-refractivity contribution in [1.82, 2.24) is 0 Å². The highest BCUT2D eigenvalue weighted by molar-refractivity contribution is 5.67. The molecule has 1 unspecified atom stereocenters. The molecule has 0 amide bonds. The van der Waals surface area contributed by atoms with Crippen molar-refractivity contribution in [3.05, 3.63) is 0 Å². The molecule has 0 aromatic rings. The summed E-state index contributed by atoms with van der Waals surface area (Å²) in [6.07, 6.45) is 3.11. The topological polar surface area (TPSA) is 58.9 Å². The Balaban J connectivity index is 2.09. The van der Waals surface area contributed by atoms with Crippen LogP contribution in [-0.4, -0.2) is 23.4 Å². The molecule has 1 heterocycles. The Morgan fingerprint density at radius 1 is 1.90 bits per heavy atom. The van der Waals surface area contributed by atoms with Crippen LogP contribution in [0.2, 0.25) is 0 Å². The van der Waals surface area contributed by atoms with E-state index in [9.17, 15) is 4.79 Å². The van der Waals surface area contributed by atoms with Crippen molar-refractivity contribution in [2.45, 2.75) is 25.4 Å². The second kappa shape index (κ2) is 3.20. The van der Waals surface area contributed by atoms with E-state index in [1.807, 2.05) is 0 Å². The number of carboxylic acid groups (broad SMARTS) is 1. The monoisotopic (exact) mass is 143 g/mol. The van der Waals surface area contributed by atoms with Gasteiger partial charge in [0.05, 0.1) is 0 Å². The predicted octanol–water partition coefficient (Wildman–Crippen LogP) is 0.626. The van der Waals surface area contributed by atoms with Crippen LogP contribution in [0.4, 0.5) is 0 Å². The van der Waals surface area contributed by atoms with E-state index in [1.165, 1.54) is 0 Å². The standard InChI is InChI=1S/C6H9NO3/c8-6(9)2-1-5-3-4-7-10-5/h4-5H,1-3H2,(H,8,9). The molecule has 0 fully saturated rings. The maximum absolute atomic E-state index is 10.1. The summed E-state index contributed by atoms with van der Waals surface area (Å²) in [6, 6.07) is 0. The summed E-state index contributed by atoms with van der Waals surface area (Å²) in [5, 5.41) is 11.8. The molecular weight excluding hydrogens is 134 g/mol. The lowest BCUT2D eigenvalue weighted by atomic mass is 10.1. The molecule has 1 N–H and O–H groups in total. The first kappa shape index (κ1) is 7.05. The van der Waals surface area contributed by atoms with Gasteiger partial charge in [-0.1, -0.05) is 5.16 Å².